The molecule has 3 heteroatoms. The summed E-state index contributed by atoms with van der Waals surface area (Å²) in [6, 6.07) is 8.53. The topological polar surface area (TPSA) is 15.3 Å². The van der Waals surface area contributed by atoms with E-state index in [0.29, 0.717) is 0 Å². The molecule has 1 saturated heterocycles. The summed E-state index contributed by atoms with van der Waals surface area (Å²) in [5, 5.41) is 3.15. The second-order valence-corrected chi connectivity index (χ2v) is 4.99. The van der Waals surface area contributed by atoms with Gasteiger partial charge in [-0.05, 0) is 36.1 Å². The monoisotopic (exact) mass is 208 g/mol. The minimum atomic E-state index is 0.870. The highest BCUT2D eigenvalue weighted by atomic mass is 32.2. The predicted octanol–water partition coefficient (Wildman–Crippen LogP) is 2.69. The van der Waals surface area contributed by atoms with Gasteiger partial charge in [0.25, 0.3) is 0 Å². The van der Waals surface area contributed by atoms with Crippen LogP contribution in [0.4, 0.5) is 5.69 Å². The lowest BCUT2D eigenvalue weighted by Gasteiger charge is -2.35. The SMILES string of the molecule is CNc1cccc(SN2CC(C)C2)c1. The van der Waals surface area contributed by atoms with E-state index < -0.39 is 0 Å². The van der Waals surface area contributed by atoms with Crippen LogP contribution in [-0.4, -0.2) is 24.4 Å². The fraction of sp³-hybridized carbons (Fsp3) is 0.455. The second kappa shape index (κ2) is 4.24. The van der Waals surface area contributed by atoms with Crippen molar-refractivity contribution < 1.29 is 0 Å². The fourth-order valence-corrected chi connectivity index (χ4v) is 2.85. The maximum Gasteiger partial charge on any atom is 0.0349 e. The first-order valence-corrected chi connectivity index (χ1v) is 5.76. The van der Waals surface area contributed by atoms with Gasteiger partial charge in [0.2, 0.25) is 0 Å². The third-order valence-electron chi connectivity index (χ3n) is 2.39. The molecular weight excluding hydrogens is 192 g/mol. The van der Waals surface area contributed by atoms with E-state index in [4.69, 9.17) is 0 Å². The zero-order valence-corrected chi connectivity index (χ0v) is 9.47. The first-order chi connectivity index (χ1) is 6.78. The van der Waals surface area contributed by atoms with Gasteiger partial charge in [-0.3, -0.25) is 0 Å². The van der Waals surface area contributed by atoms with Crippen LogP contribution in [-0.2, 0) is 0 Å². The largest absolute Gasteiger partial charge is 0.388 e. The van der Waals surface area contributed by atoms with E-state index in [9.17, 15) is 0 Å². The maximum absolute atomic E-state index is 3.15. The van der Waals surface area contributed by atoms with Crippen molar-refractivity contribution in [2.75, 3.05) is 25.5 Å². The van der Waals surface area contributed by atoms with Crippen molar-refractivity contribution in [2.24, 2.45) is 5.92 Å². The van der Waals surface area contributed by atoms with Crippen molar-refractivity contribution in [3.05, 3.63) is 24.3 Å². The third kappa shape index (κ3) is 2.22. The van der Waals surface area contributed by atoms with Gasteiger partial charge in [0.15, 0.2) is 0 Å². The van der Waals surface area contributed by atoms with E-state index >= 15 is 0 Å². The lowest BCUT2D eigenvalue weighted by atomic mass is 10.1. The van der Waals surface area contributed by atoms with Crippen LogP contribution in [0.15, 0.2) is 29.2 Å². The minimum Gasteiger partial charge on any atom is -0.388 e. The summed E-state index contributed by atoms with van der Waals surface area (Å²) in [5.41, 5.74) is 1.18. The summed E-state index contributed by atoms with van der Waals surface area (Å²) in [6.45, 7) is 4.73. The molecule has 1 aromatic rings. The lowest BCUT2D eigenvalue weighted by Crippen LogP contribution is -2.39. The number of anilines is 1. The highest BCUT2D eigenvalue weighted by molar-refractivity contribution is 7.97. The Labute approximate surface area is 89.8 Å². The molecule has 1 N–H and O–H groups in total. The summed E-state index contributed by atoms with van der Waals surface area (Å²) in [5.74, 6) is 0.870. The molecule has 0 saturated carbocycles. The Morgan fingerprint density at radius 2 is 2.21 bits per heavy atom. The molecule has 14 heavy (non-hydrogen) atoms. The van der Waals surface area contributed by atoms with Crippen LogP contribution in [0.2, 0.25) is 0 Å². The number of hydrogen-bond donors (Lipinski definition) is 1. The van der Waals surface area contributed by atoms with Gasteiger partial charge in [-0.1, -0.05) is 13.0 Å². The zero-order valence-electron chi connectivity index (χ0n) is 8.66. The Bertz CT molecular complexity index is 308. The number of hydrogen-bond acceptors (Lipinski definition) is 3. The Morgan fingerprint density at radius 3 is 2.86 bits per heavy atom. The van der Waals surface area contributed by atoms with E-state index in [0.717, 1.165) is 5.92 Å². The van der Waals surface area contributed by atoms with Crippen LogP contribution in [0.5, 0.6) is 0 Å². The molecule has 0 bridgehead atoms. The van der Waals surface area contributed by atoms with E-state index in [1.165, 1.54) is 23.7 Å². The van der Waals surface area contributed by atoms with Crippen LogP contribution >= 0.6 is 11.9 Å². The van der Waals surface area contributed by atoms with Gasteiger partial charge in [0, 0.05) is 30.7 Å². The molecule has 0 radical (unpaired) electrons. The summed E-state index contributed by atoms with van der Waals surface area (Å²) in [4.78, 5) is 1.32. The minimum absolute atomic E-state index is 0.870. The average Bonchev–Trinajstić information content (AvgIpc) is 2.16. The number of rotatable bonds is 3. The van der Waals surface area contributed by atoms with Crippen molar-refractivity contribution >= 4 is 17.6 Å². The molecule has 76 valence electrons. The van der Waals surface area contributed by atoms with Crippen molar-refractivity contribution in [2.45, 2.75) is 11.8 Å². The number of nitrogens with zero attached hydrogens (tertiary/aromatic N) is 1. The highest BCUT2D eigenvalue weighted by Crippen LogP contribution is 2.30. The van der Waals surface area contributed by atoms with Crippen molar-refractivity contribution in [1.29, 1.82) is 0 Å². The van der Waals surface area contributed by atoms with Crippen LogP contribution < -0.4 is 5.32 Å². The number of benzene rings is 1. The standard InChI is InChI=1S/C11H16N2S/c1-9-7-13(8-9)14-11-5-3-4-10(6-11)12-2/h3-6,9,12H,7-8H2,1-2H3. The lowest BCUT2D eigenvalue weighted by molar-refractivity contribution is 0.239. The average molecular weight is 208 g/mol. The van der Waals surface area contributed by atoms with Crippen molar-refractivity contribution in [1.82, 2.24) is 4.31 Å². The molecular formula is C11H16N2S. The summed E-state index contributed by atoms with van der Waals surface area (Å²) >= 11 is 1.86. The van der Waals surface area contributed by atoms with Gasteiger partial charge < -0.3 is 5.32 Å². The molecule has 1 aliphatic rings. The van der Waals surface area contributed by atoms with E-state index in [2.05, 4.69) is 40.8 Å². The van der Waals surface area contributed by atoms with Crippen molar-refractivity contribution in [3.63, 3.8) is 0 Å². The van der Waals surface area contributed by atoms with Crippen LogP contribution in [0.1, 0.15) is 6.92 Å². The Kier molecular flexibility index (Phi) is 2.99. The Hall–Kier alpha value is -0.670. The number of nitrogens with one attached hydrogen (secondary N) is 1. The third-order valence-corrected chi connectivity index (χ3v) is 3.41. The molecule has 0 spiro atoms. The molecule has 0 aromatic heterocycles. The first kappa shape index (κ1) is 9.87. The molecule has 0 atom stereocenters. The maximum atomic E-state index is 3.15. The molecule has 2 rings (SSSR count). The molecule has 0 unspecified atom stereocenters. The quantitative estimate of drug-likeness (QED) is 0.769. The normalized spacial score (nSPS) is 17.9. The Balaban J connectivity index is 1.95. The van der Waals surface area contributed by atoms with Crippen LogP contribution in [0.25, 0.3) is 0 Å². The predicted molar refractivity (Wildman–Crippen MR) is 62.6 cm³/mol. The van der Waals surface area contributed by atoms with Crippen LogP contribution in [0.3, 0.4) is 0 Å². The second-order valence-electron chi connectivity index (χ2n) is 3.82. The van der Waals surface area contributed by atoms with Crippen molar-refractivity contribution in [3.8, 4) is 0 Å². The van der Waals surface area contributed by atoms with E-state index in [1.54, 1.807) is 0 Å². The van der Waals surface area contributed by atoms with Gasteiger partial charge in [-0.15, -0.1) is 0 Å². The highest BCUT2D eigenvalue weighted by Gasteiger charge is 2.22. The van der Waals surface area contributed by atoms with Gasteiger partial charge >= 0.3 is 0 Å². The van der Waals surface area contributed by atoms with E-state index in [1.807, 2.05) is 19.0 Å². The van der Waals surface area contributed by atoms with Gasteiger partial charge in [-0.25, -0.2) is 4.31 Å². The first-order valence-electron chi connectivity index (χ1n) is 4.98. The smallest absolute Gasteiger partial charge is 0.0349 e. The Morgan fingerprint density at radius 1 is 1.43 bits per heavy atom. The summed E-state index contributed by atoms with van der Waals surface area (Å²) in [7, 11) is 1.95. The van der Waals surface area contributed by atoms with Gasteiger partial charge in [0.05, 0.1) is 0 Å². The van der Waals surface area contributed by atoms with E-state index in [-0.39, 0.29) is 0 Å². The summed E-state index contributed by atoms with van der Waals surface area (Å²) in [6.07, 6.45) is 0. The van der Waals surface area contributed by atoms with Gasteiger partial charge in [0.1, 0.15) is 0 Å². The molecule has 0 amide bonds. The molecule has 1 fully saturated rings. The molecule has 1 aromatic carbocycles. The summed E-state index contributed by atoms with van der Waals surface area (Å²) < 4.78 is 2.40. The molecule has 0 aliphatic carbocycles. The molecule has 2 nitrogen and oxygen atoms in total. The fourth-order valence-electron chi connectivity index (χ4n) is 1.57. The van der Waals surface area contributed by atoms with Crippen LogP contribution in [0, 0.1) is 5.92 Å². The molecule has 1 heterocycles. The zero-order chi connectivity index (χ0) is 9.97. The molecule has 1 aliphatic heterocycles. The van der Waals surface area contributed by atoms with Gasteiger partial charge in [-0.2, -0.15) is 0 Å².